The van der Waals surface area contributed by atoms with Gasteiger partial charge >= 0.3 is 18.0 Å². The summed E-state index contributed by atoms with van der Waals surface area (Å²) in [6, 6.07) is 19.5. The Morgan fingerprint density at radius 3 is 0.783 bits per heavy atom. The van der Waals surface area contributed by atoms with E-state index < -0.39 is 39.6 Å². The first kappa shape index (κ1) is 40.5. The van der Waals surface area contributed by atoms with Gasteiger partial charge in [-0.3, -0.25) is 0 Å². The average Bonchev–Trinajstić information content (AvgIpc) is 4.01. The fourth-order valence-electron chi connectivity index (χ4n) is 5.05. The molecule has 0 fully saturated rings. The summed E-state index contributed by atoms with van der Waals surface area (Å²) in [5.41, 5.74) is 1.93. The Bertz CT molecular complexity index is 2250. The van der Waals surface area contributed by atoms with Gasteiger partial charge in [0, 0.05) is 0 Å². The van der Waals surface area contributed by atoms with Crippen LogP contribution < -0.4 is 14.2 Å². The molecule has 0 atom stereocenters. The maximum absolute atomic E-state index is 9.51. The van der Waals surface area contributed by atoms with E-state index in [1.165, 1.54) is 32.7 Å². The topological polar surface area (TPSA) is 317 Å². The van der Waals surface area contributed by atoms with Crippen LogP contribution in [0.25, 0.3) is 0 Å². The second-order valence-electron chi connectivity index (χ2n) is 11.9. The summed E-state index contributed by atoms with van der Waals surface area (Å²) in [6.45, 7) is -2.52. The number of rotatable bonds is 18. The highest BCUT2D eigenvalue weighted by Crippen LogP contribution is 2.27. The Morgan fingerprint density at radius 2 is 0.583 bits per heavy atom. The van der Waals surface area contributed by atoms with Crippen LogP contribution in [0.5, 0.6) is 35.3 Å². The van der Waals surface area contributed by atoms with Gasteiger partial charge in [0.15, 0.2) is 34.9 Å². The van der Waals surface area contributed by atoms with Crippen LogP contribution in [0, 0.1) is 0 Å². The number of ether oxygens (including phenoxy) is 3. The summed E-state index contributed by atoms with van der Waals surface area (Å²) in [5.74, 6) is 1.96. The van der Waals surface area contributed by atoms with Crippen LogP contribution in [0.2, 0.25) is 0 Å². The molecule has 0 aliphatic rings. The summed E-state index contributed by atoms with van der Waals surface area (Å²) in [6.07, 6.45) is 4.46. The van der Waals surface area contributed by atoms with Crippen molar-refractivity contribution in [3.05, 3.63) is 124 Å². The fraction of sp³-hybridized carbons (Fsp3) is 0.167. The van der Waals surface area contributed by atoms with Crippen molar-refractivity contribution in [3.8, 4) is 35.3 Å². The van der Waals surface area contributed by atoms with Crippen molar-refractivity contribution in [2.45, 2.75) is 39.6 Å². The smallest absolute Gasteiger partial charge is 0.331 e. The lowest BCUT2D eigenvalue weighted by Crippen LogP contribution is -2.03. The van der Waals surface area contributed by atoms with E-state index in [2.05, 4.69) is 60.8 Å². The minimum absolute atomic E-state index is 0.159. The van der Waals surface area contributed by atoms with Gasteiger partial charge in [-0.05, 0) is 89.5 Å². The Labute approximate surface area is 337 Å². The molecule has 4 aromatic heterocycles. The average molecular weight is 820 g/mol. The van der Waals surface area contributed by atoms with E-state index in [0.717, 1.165) is 0 Å². The zero-order valence-corrected chi connectivity index (χ0v) is 31.0. The monoisotopic (exact) mass is 819 g/mol. The predicted octanol–water partition coefficient (Wildman–Crippen LogP) is 0.623. The molecular formula is C36H33N15O9. The first-order chi connectivity index (χ1) is 29.4. The predicted molar refractivity (Wildman–Crippen MR) is 204 cm³/mol. The van der Waals surface area contributed by atoms with Gasteiger partial charge in [-0.25, -0.2) is 0 Å². The number of aliphatic hydroxyl groups is 6. The van der Waals surface area contributed by atoms with Crippen LogP contribution in [-0.4, -0.2) is 109 Å². The summed E-state index contributed by atoms with van der Waals surface area (Å²) < 4.78 is 21.6. The van der Waals surface area contributed by atoms with Crippen molar-refractivity contribution in [2.75, 3.05) is 0 Å². The van der Waals surface area contributed by atoms with Crippen LogP contribution in [0.3, 0.4) is 0 Å². The van der Waals surface area contributed by atoms with Crippen molar-refractivity contribution in [2.24, 2.45) is 15.3 Å². The van der Waals surface area contributed by atoms with Gasteiger partial charge in [0.2, 0.25) is 0 Å². The van der Waals surface area contributed by atoms with Gasteiger partial charge in [-0.15, -0.1) is 45.5 Å². The Kier molecular flexibility index (Phi) is 12.9. The van der Waals surface area contributed by atoms with Gasteiger partial charge in [-0.1, -0.05) is 0 Å². The molecule has 0 amide bonds. The molecule has 24 heteroatoms. The quantitative estimate of drug-likeness (QED) is 0.0647. The molecule has 0 aliphatic heterocycles. The molecule has 0 aliphatic carbocycles. The van der Waals surface area contributed by atoms with Gasteiger partial charge in [0.05, 0.1) is 18.6 Å². The van der Waals surface area contributed by atoms with Crippen molar-refractivity contribution < 1.29 is 44.8 Å². The zero-order chi connectivity index (χ0) is 41.8. The van der Waals surface area contributed by atoms with Crippen molar-refractivity contribution in [1.82, 2.24) is 59.6 Å². The molecule has 24 nitrogen and oxygen atoms in total. The second kappa shape index (κ2) is 19.1. The first-order valence-electron chi connectivity index (χ1n) is 17.6. The van der Waals surface area contributed by atoms with Gasteiger partial charge < -0.3 is 44.8 Å². The third-order valence-corrected chi connectivity index (χ3v) is 7.97. The van der Waals surface area contributed by atoms with Crippen LogP contribution in [0.15, 0.2) is 88.1 Å². The lowest BCUT2D eigenvalue weighted by molar-refractivity contribution is 0.255. The van der Waals surface area contributed by atoms with Crippen LogP contribution in [0.1, 0.15) is 51.6 Å². The molecule has 4 heterocycles. The third-order valence-electron chi connectivity index (χ3n) is 7.97. The summed E-state index contributed by atoms with van der Waals surface area (Å²) >= 11 is 0. The van der Waals surface area contributed by atoms with E-state index in [9.17, 15) is 30.6 Å². The van der Waals surface area contributed by atoms with Crippen molar-refractivity contribution in [3.63, 3.8) is 0 Å². The molecule has 0 spiro atoms. The van der Waals surface area contributed by atoms with Gasteiger partial charge in [0.1, 0.15) is 56.9 Å². The molecule has 60 heavy (non-hydrogen) atoms. The number of nitrogens with zero attached hydrogens (tertiary/aromatic N) is 15. The summed E-state index contributed by atoms with van der Waals surface area (Å²) in [7, 11) is 0. The minimum atomic E-state index is -0.421. The SMILES string of the molecule is OCc1nnc(CO)n1/N=C/c1ccc(Oc2nc(Oc3ccc(/C=N/n4c(CO)nnc4CO)cc3)nc(Oc3ccc(/C=N/n4c(CO)nnc4CO)cc3)n2)cc1. The maximum atomic E-state index is 9.51. The van der Waals surface area contributed by atoms with Crippen LogP contribution in [0.4, 0.5) is 0 Å². The molecule has 0 saturated carbocycles. The molecule has 0 saturated heterocycles. The molecule has 0 radical (unpaired) electrons. The first-order valence-corrected chi connectivity index (χ1v) is 17.6. The van der Waals surface area contributed by atoms with E-state index >= 15 is 0 Å². The lowest BCUT2D eigenvalue weighted by atomic mass is 10.2. The number of aromatic nitrogens is 12. The van der Waals surface area contributed by atoms with Crippen molar-refractivity contribution >= 4 is 18.6 Å². The standard InChI is InChI=1S/C36H33N15O9/c52-16-28-43-44-29(17-53)49(28)37-13-22-1-7-25(8-2-22)58-34-40-35(59-26-9-3-23(4-10-26)14-38-50-30(18-54)45-46-31(50)19-55)42-36(41-34)60-27-11-5-24(6-12-27)15-39-51-32(20-56)47-48-33(51)21-57/h1-15,52-57H,16-21H2/b37-13+,38-14+,39-15+. The Hall–Kier alpha value is -7.74. The number of aliphatic hydroxyl groups excluding tert-OH is 6. The normalized spacial score (nSPS) is 11.7. The number of hydrogen-bond acceptors (Lipinski definition) is 21. The highest BCUT2D eigenvalue weighted by molar-refractivity contribution is 5.80. The van der Waals surface area contributed by atoms with E-state index in [1.807, 2.05) is 0 Å². The summed E-state index contributed by atoms with van der Waals surface area (Å²) in [4.78, 5) is 13.0. The fourth-order valence-corrected chi connectivity index (χ4v) is 5.05. The number of hydrogen-bond donors (Lipinski definition) is 6. The lowest BCUT2D eigenvalue weighted by Gasteiger charge is -2.10. The van der Waals surface area contributed by atoms with Crippen molar-refractivity contribution in [1.29, 1.82) is 0 Å². The maximum Gasteiger partial charge on any atom is 0.331 e. The number of benzene rings is 3. The molecule has 0 unspecified atom stereocenters. The second-order valence-corrected chi connectivity index (χ2v) is 11.9. The molecular weight excluding hydrogens is 786 g/mol. The molecule has 3 aromatic carbocycles. The molecule has 306 valence electrons. The van der Waals surface area contributed by atoms with E-state index in [1.54, 1.807) is 72.8 Å². The summed E-state index contributed by atoms with van der Waals surface area (Å²) in [5, 5.41) is 92.6. The highest BCUT2D eigenvalue weighted by Gasteiger charge is 2.15. The van der Waals surface area contributed by atoms with E-state index in [0.29, 0.717) is 33.9 Å². The van der Waals surface area contributed by atoms with Crippen LogP contribution >= 0.6 is 0 Å². The van der Waals surface area contributed by atoms with E-state index in [4.69, 9.17) is 14.2 Å². The van der Waals surface area contributed by atoms with Crippen LogP contribution in [-0.2, 0) is 39.6 Å². The van der Waals surface area contributed by atoms with E-state index in [-0.39, 0.29) is 53.0 Å². The highest BCUT2D eigenvalue weighted by atomic mass is 16.5. The third kappa shape index (κ3) is 9.68. The van der Waals surface area contributed by atoms with Gasteiger partial charge in [0.25, 0.3) is 0 Å². The molecule has 0 bridgehead atoms. The minimum Gasteiger partial charge on any atom is -0.424 e. The largest absolute Gasteiger partial charge is 0.424 e. The molecule has 7 aromatic rings. The Balaban J connectivity index is 1.10. The molecule has 6 N–H and O–H groups in total. The Morgan fingerprint density at radius 1 is 0.367 bits per heavy atom. The van der Waals surface area contributed by atoms with Gasteiger partial charge in [-0.2, -0.15) is 29.3 Å². The molecule has 7 rings (SSSR count). The zero-order valence-electron chi connectivity index (χ0n) is 31.0.